The molecule has 0 bridgehead atoms. The normalized spacial score (nSPS) is 17.8. The lowest BCUT2D eigenvalue weighted by Gasteiger charge is -2.39. The molecule has 4 nitrogen and oxygen atoms in total. The van der Waals surface area contributed by atoms with Crippen LogP contribution < -0.4 is 0 Å². The standard InChI is InChI=1S/C47H52N4/c1-6-34(2)45(40-18-10-7-11-19-40)49-35(3)38-23-27-42(28-24-38)47(31-15-9-16-32-47)43-29-25-39(26-30-43)36(4)50-46(41-20-12-8-13-21-41)51-37(5)44-22-14-17-33-48-44/h7,10-12,14,17-30,33-34,36H,3,6,8-9,13,15-16,31-32H2,1-2,4-5H3. The summed E-state index contributed by atoms with van der Waals surface area (Å²) in [5, 5.41) is 0. The van der Waals surface area contributed by atoms with Gasteiger partial charge in [0.2, 0.25) is 0 Å². The first-order valence-corrected chi connectivity index (χ1v) is 18.8. The van der Waals surface area contributed by atoms with E-state index in [0.717, 1.165) is 71.9 Å². The number of nitrogens with zero attached hydrogens (tertiary/aromatic N) is 4. The van der Waals surface area contributed by atoms with Crippen molar-refractivity contribution in [2.45, 2.75) is 90.5 Å². The highest BCUT2D eigenvalue weighted by atomic mass is 14.9. The minimum Gasteiger partial charge on any atom is -0.258 e. The van der Waals surface area contributed by atoms with Gasteiger partial charge in [-0.25, -0.2) is 4.99 Å². The van der Waals surface area contributed by atoms with Crippen LogP contribution in [0.5, 0.6) is 0 Å². The number of hydrogen-bond donors (Lipinski definition) is 0. The summed E-state index contributed by atoms with van der Waals surface area (Å²) in [5.74, 6) is 1.11. The summed E-state index contributed by atoms with van der Waals surface area (Å²) < 4.78 is 0. The molecule has 4 heteroatoms. The summed E-state index contributed by atoms with van der Waals surface area (Å²) >= 11 is 0. The molecule has 4 aromatic rings. The van der Waals surface area contributed by atoms with Crippen molar-refractivity contribution in [2.75, 3.05) is 0 Å². The Bertz CT molecular complexity index is 1920. The molecule has 2 unspecified atom stereocenters. The van der Waals surface area contributed by atoms with Crippen LogP contribution >= 0.6 is 0 Å². The molecule has 6 rings (SSSR count). The van der Waals surface area contributed by atoms with Gasteiger partial charge in [0.1, 0.15) is 0 Å². The number of aliphatic imine (C=N–C) groups is 3. The summed E-state index contributed by atoms with van der Waals surface area (Å²) in [6.07, 6.45) is 17.6. The van der Waals surface area contributed by atoms with Crippen LogP contribution in [0, 0.1) is 5.92 Å². The number of benzene rings is 3. The third kappa shape index (κ3) is 8.51. The second-order valence-corrected chi connectivity index (χ2v) is 14.1. The van der Waals surface area contributed by atoms with Gasteiger partial charge in [0.15, 0.2) is 5.84 Å². The van der Waals surface area contributed by atoms with Crippen LogP contribution in [0.1, 0.15) is 119 Å². The summed E-state index contributed by atoms with van der Waals surface area (Å²) in [4.78, 5) is 19.8. The number of pyridine rings is 1. The molecule has 1 heterocycles. The van der Waals surface area contributed by atoms with Crippen molar-refractivity contribution < 1.29 is 0 Å². The van der Waals surface area contributed by atoms with Crippen molar-refractivity contribution in [3.05, 3.63) is 167 Å². The van der Waals surface area contributed by atoms with E-state index in [2.05, 4.69) is 129 Å². The minimum atomic E-state index is -0.0464. The van der Waals surface area contributed by atoms with E-state index in [9.17, 15) is 0 Å². The van der Waals surface area contributed by atoms with Crippen LogP contribution in [0.3, 0.4) is 0 Å². The second kappa shape index (κ2) is 16.8. The van der Waals surface area contributed by atoms with Crippen molar-refractivity contribution in [1.82, 2.24) is 4.98 Å². The number of hydrogen-bond acceptors (Lipinski definition) is 3. The van der Waals surface area contributed by atoms with Gasteiger partial charge in [0.05, 0.1) is 28.9 Å². The van der Waals surface area contributed by atoms with E-state index in [-0.39, 0.29) is 11.5 Å². The molecule has 2 aliphatic carbocycles. The molecule has 0 amide bonds. The first-order valence-electron chi connectivity index (χ1n) is 18.8. The highest BCUT2D eigenvalue weighted by Gasteiger charge is 2.35. The Morgan fingerprint density at radius 1 is 0.784 bits per heavy atom. The van der Waals surface area contributed by atoms with E-state index < -0.39 is 0 Å². The van der Waals surface area contributed by atoms with Gasteiger partial charge >= 0.3 is 0 Å². The van der Waals surface area contributed by atoms with Gasteiger partial charge in [-0.15, -0.1) is 0 Å². The molecule has 260 valence electrons. The summed E-state index contributed by atoms with van der Waals surface area (Å²) in [6.45, 7) is 13.1. The van der Waals surface area contributed by atoms with Crippen molar-refractivity contribution >= 4 is 23.0 Å². The van der Waals surface area contributed by atoms with Crippen LogP contribution in [0.4, 0.5) is 0 Å². The topological polar surface area (TPSA) is 50.0 Å². The van der Waals surface area contributed by atoms with Gasteiger partial charge < -0.3 is 0 Å². The van der Waals surface area contributed by atoms with Gasteiger partial charge in [-0.3, -0.25) is 15.0 Å². The Labute approximate surface area is 305 Å². The maximum atomic E-state index is 5.20. The van der Waals surface area contributed by atoms with Gasteiger partial charge in [0.25, 0.3) is 0 Å². The summed E-state index contributed by atoms with van der Waals surface area (Å²) in [7, 11) is 0. The number of amidine groups is 1. The average molecular weight is 673 g/mol. The van der Waals surface area contributed by atoms with Crippen LogP contribution in [0.15, 0.2) is 149 Å². The molecular weight excluding hydrogens is 621 g/mol. The third-order valence-corrected chi connectivity index (χ3v) is 10.7. The zero-order valence-corrected chi connectivity index (χ0v) is 30.9. The predicted molar refractivity (Wildman–Crippen MR) is 217 cm³/mol. The highest BCUT2D eigenvalue weighted by molar-refractivity contribution is 6.12. The molecule has 1 aromatic heterocycles. The van der Waals surface area contributed by atoms with E-state index in [1.165, 1.54) is 41.5 Å². The Balaban J connectivity index is 1.27. The molecule has 0 radical (unpaired) electrons. The van der Waals surface area contributed by atoms with E-state index in [1.807, 2.05) is 31.3 Å². The fraction of sp³-hybridized carbons (Fsp3) is 0.319. The lowest BCUT2D eigenvalue weighted by atomic mass is 9.65. The van der Waals surface area contributed by atoms with Gasteiger partial charge in [-0.1, -0.05) is 143 Å². The lowest BCUT2D eigenvalue weighted by molar-refractivity contribution is 0.346. The maximum Gasteiger partial charge on any atom is 0.155 e. The van der Waals surface area contributed by atoms with Crippen LogP contribution in [0.25, 0.3) is 5.70 Å². The van der Waals surface area contributed by atoms with Gasteiger partial charge in [-0.05, 0) is 91.8 Å². The Morgan fingerprint density at radius 2 is 1.47 bits per heavy atom. The first kappa shape index (κ1) is 35.9. The largest absolute Gasteiger partial charge is 0.258 e. The zero-order chi connectivity index (χ0) is 35.6. The number of rotatable bonds is 11. The third-order valence-electron chi connectivity index (χ3n) is 10.7. The number of allylic oxidation sites excluding steroid dienone is 2. The maximum absolute atomic E-state index is 5.20. The monoisotopic (exact) mass is 672 g/mol. The molecule has 2 atom stereocenters. The van der Waals surface area contributed by atoms with E-state index >= 15 is 0 Å². The quantitative estimate of drug-likeness (QED) is 0.116. The predicted octanol–water partition coefficient (Wildman–Crippen LogP) is 12.1. The highest BCUT2D eigenvalue weighted by Crippen LogP contribution is 2.45. The van der Waals surface area contributed by atoms with Crippen molar-refractivity contribution in [3.63, 3.8) is 0 Å². The molecule has 0 aliphatic heterocycles. The van der Waals surface area contributed by atoms with Gasteiger partial charge in [-0.2, -0.15) is 0 Å². The second-order valence-electron chi connectivity index (χ2n) is 14.1. The minimum absolute atomic E-state index is 0.00864. The molecule has 3 aromatic carbocycles. The fourth-order valence-electron chi connectivity index (χ4n) is 7.43. The van der Waals surface area contributed by atoms with Crippen molar-refractivity contribution in [3.8, 4) is 0 Å². The Kier molecular flexibility index (Phi) is 11.8. The van der Waals surface area contributed by atoms with Crippen molar-refractivity contribution in [2.24, 2.45) is 20.9 Å². The van der Waals surface area contributed by atoms with Crippen LogP contribution in [-0.4, -0.2) is 22.2 Å². The molecule has 0 saturated heterocycles. The Morgan fingerprint density at radius 3 is 2.10 bits per heavy atom. The molecular formula is C47H52N4. The average Bonchev–Trinajstić information content (AvgIpc) is 3.20. The SMILES string of the molecule is C=C(N=C(c1ccccc1)C(C)CC)c1ccc(C2(c3ccc(C(C)N=C(N=C(C)c4ccccn4)C4=CCCC=C4)cc3)CCCCC2)cc1. The summed E-state index contributed by atoms with van der Waals surface area (Å²) in [5.41, 5.74) is 10.9. The van der Waals surface area contributed by atoms with Crippen LogP contribution in [0.2, 0.25) is 0 Å². The van der Waals surface area contributed by atoms with E-state index in [1.54, 1.807) is 0 Å². The fourth-order valence-corrected chi connectivity index (χ4v) is 7.43. The van der Waals surface area contributed by atoms with Crippen LogP contribution in [-0.2, 0) is 5.41 Å². The first-order chi connectivity index (χ1) is 24.9. The number of aromatic nitrogens is 1. The zero-order valence-electron chi connectivity index (χ0n) is 30.9. The smallest absolute Gasteiger partial charge is 0.155 e. The van der Waals surface area contributed by atoms with Gasteiger partial charge in [0, 0.05) is 17.2 Å². The molecule has 1 saturated carbocycles. The molecule has 0 N–H and O–H groups in total. The molecule has 1 fully saturated rings. The van der Waals surface area contributed by atoms with E-state index in [4.69, 9.17) is 15.0 Å². The van der Waals surface area contributed by atoms with E-state index in [0.29, 0.717) is 5.92 Å². The van der Waals surface area contributed by atoms with Crippen molar-refractivity contribution in [1.29, 1.82) is 0 Å². The Hall–Kier alpha value is -4.96. The molecule has 0 spiro atoms. The summed E-state index contributed by atoms with van der Waals surface area (Å²) in [6, 6.07) is 34.8. The lowest BCUT2D eigenvalue weighted by Crippen LogP contribution is -2.30. The molecule has 51 heavy (non-hydrogen) atoms. The molecule has 2 aliphatic rings.